The first kappa shape index (κ1) is 15.2. The first-order valence-electron chi connectivity index (χ1n) is 6.85. The maximum atomic E-state index is 12.1. The molecule has 0 spiro atoms. The lowest BCUT2D eigenvalue weighted by molar-refractivity contribution is 0.0471. The van der Waals surface area contributed by atoms with E-state index in [9.17, 15) is 9.59 Å². The SMILES string of the molecule is COC(=O)c1ccc(COC(=O)c2ccc3ncsc3c2)cc1. The lowest BCUT2D eigenvalue weighted by Crippen LogP contribution is -2.05. The lowest BCUT2D eigenvalue weighted by atomic mass is 10.1. The maximum absolute atomic E-state index is 12.1. The van der Waals surface area contributed by atoms with E-state index in [1.165, 1.54) is 18.4 Å². The van der Waals surface area contributed by atoms with Crippen molar-refractivity contribution in [2.75, 3.05) is 7.11 Å². The van der Waals surface area contributed by atoms with Crippen molar-refractivity contribution in [3.8, 4) is 0 Å². The number of hydrogen-bond acceptors (Lipinski definition) is 6. The van der Waals surface area contributed by atoms with Crippen molar-refractivity contribution >= 4 is 33.5 Å². The number of esters is 2. The molecule has 0 atom stereocenters. The number of carbonyl (C=O) groups is 2. The van der Waals surface area contributed by atoms with Gasteiger partial charge in [0.15, 0.2) is 0 Å². The van der Waals surface area contributed by atoms with Crippen LogP contribution in [0.25, 0.3) is 10.2 Å². The van der Waals surface area contributed by atoms with Gasteiger partial charge in [0.1, 0.15) is 6.61 Å². The summed E-state index contributed by atoms with van der Waals surface area (Å²) in [6.07, 6.45) is 0. The summed E-state index contributed by atoms with van der Waals surface area (Å²) in [5, 5.41) is 0. The van der Waals surface area contributed by atoms with E-state index >= 15 is 0 Å². The molecule has 116 valence electrons. The Balaban J connectivity index is 1.65. The van der Waals surface area contributed by atoms with Gasteiger partial charge in [-0.2, -0.15) is 0 Å². The Bertz CT molecular complexity index is 854. The van der Waals surface area contributed by atoms with Crippen LogP contribution in [0, 0.1) is 0 Å². The summed E-state index contributed by atoms with van der Waals surface area (Å²) in [7, 11) is 1.33. The predicted octanol–water partition coefficient (Wildman–Crippen LogP) is 3.44. The molecule has 0 amide bonds. The second-order valence-corrected chi connectivity index (χ2v) is 5.69. The summed E-state index contributed by atoms with van der Waals surface area (Å²) in [6, 6.07) is 12.0. The lowest BCUT2D eigenvalue weighted by Gasteiger charge is -2.06. The first-order chi connectivity index (χ1) is 11.2. The highest BCUT2D eigenvalue weighted by atomic mass is 32.1. The van der Waals surface area contributed by atoms with Gasteiger partial charge in [-0.25, -0.2) is 14.6 Å². The largest absolute Gasteiger partial charge is 0.465 e. The molecule has 0 bridgehead atoms. The Labute approximate surface area is 136 Å². The molecule has 2 aromatic carbocycles. The van der Waals surface area contributed by atoms with Crippen LogP contribution >= 0.6 is 11.3 Å². The molecule has 1 aromatic heterocycles. The van der Waals surface area contributed by atoms with Crippen LogP contribution < -0.4 is 0 Å². The van der Waals surface area contributed by atoms with Gasteiger partial charge in [0.05, 0.1) is 34.0 Å². The van der Waals surface area contributed by atoms with Gasteiger partial charge in [0, 0.05) is 0 Å². The summed E-state index contributed by atoms with van der Waals surface area (Å²) in [4.78, 5) is 27.6. The van der Waals surface area contributed by atoms with E-state index in [2.05, 4.69) is 9.72 Å². The van der Waals surface area contributed by atoms with Crippen LogP contribution in [0.3, 0.4) is 0 Å². The number of rotatable bonds is 4. The Morgan fingerprint density at radius 2 is 1.78 bits per heavy atom. The molecule has 3 aromatic rings. The smallest absolute Gasteiger partial charge is 0.338 e. The minimum absolute atomic E-state index is 0.140. The van der Waals surface area contributed by atoms with Crippen LogP contribution in [0.4, 0.5) is 0 Å². The average Bonchev–Trinajstić information content (AvgIpc) is 3.07. The minimum atomic E-state index is -0.397. The number of methoxy groups -OCH3 is 1. The van der Waals surface area contributed by atoms with Crippen LogP contribution in [0.2, 0.25) is 0 Å². The third-order valence-electron chi connectivity index (χ3n) is 3.31. The van der Waals surface area contributed by atoms with Crippen LogP contribution in [0.15, 0.2) is 48.0 Å². The molecule has 0 fully saturated rings. The van der Waals surface area contributed by atoms with Gasteiger partial charge < -0.3 is 9.47 Å². The molecule has 1 heterocycles. The molecule has 0 aliphatic carbocycles. The Kier molecular flexibility index (Phi) is 4.34. The fourth-order valence-corrected chi connectivity index (χ4v) is 2.79. The molecule has 0 radical (unpaired) electrons. The van der Waals surface area contributed by atoms with Crippen LogP contribution in [0.1, 0.15) is 26.3 Å². The molecular formula is C17H13NO4S. The highest BCUT2D eigenvalue weighted by molar-refractivity contribution is 7.16. The summed E-state index contributed by atoms with van der Waals surface area (Å²) in [5.74, 6) is -0.788. The van der Waals surface area contributed by atoms with E-state index in [4.69, 9.17) is 4.74 Å². The number of nitrogens with zero attached hydrogens (tertiary/aromatic N) is 1. The van der Waals surface area contributed by atoms with Gasteiger partial charge in [0.2, 0.25) is 0 Å². The van der Waals surface area contributed by atoms with Gasteiger partial charge in [0.25, 0.3) is 0 Å². The number of aromatic nitrogens is 1. The highest BCUT2D eigenvalue weighted by Gasteiger charge is 2.10. The van der Waals surface area contributed by atoms with Crippen molar-refractivity contribution in [1.82, 2.24) is 4.98 Å². The number of fused-ring (bicyclic) bond motifs is 1. The van der Waals surface area contributed by atoms with Crippen LogP contribution in [-0.2, 0) is 16.1 Å². The van der Waals surface area contributed by atoms with Crippen molar-refractivity contribution in [3.05, 3.63) is 64.7 Å². The average molecular weight is 327 g/mol. The fraction of sp³-hybridized carbons (Fsp3) is 0.118. The molecule has 23 heavy (non-hydrogen) atoms. The molecule has 0 saturated heterocycles. The summed E-state index contributed by atoms with van der Waals surface area (Å²) >= 11 is 1.48. The molecule has 3 rings (SSSR count). The molecular weight excluding hydrogens is 314 g/mol. The van der Waals surface area contributed by atoms with Crippen molar-refractivity contribution in [2.45, 2.75) is 6.61 Å². The van der Waals surface area contributed by atoms with Crippen molar-refractivity contribution in [1.29, 1.82) is 0 Å². The Hall–Kier alpha value is -2.73. The van der Waals surface area contributed by atoms with Gasteiger partial charge in [-0.15, -0.1) is 11.3 Å². The second kappa shape index (κ2) is 6.58. The molecule has 0 N–H and O–H groups in total. The quantitative estimate of drug-likeness (QED) is 0.687. The van der Waals surface area contributed by atoms with E-state index in [-0.39, 0.29) is 6.61 Å². The van der Waals surface area contributed by atoms with E-state index in [1.54, 1.807) is 48.0 Å². The van der Waals surface area contributed by atoms with Gasteiger partial charge >= 0.3 is 11.9 Å². The Morgan fingerprint density at radius 1 is 1.04 bits per heavy atom. The molecule has 6 heteroatoms. The van der Waals surface area contributed by atoms with E-state index in [0.29, 0.717) is 11.1 Å². The zero-order chi connectivity index (χ0) is 16.2. The number of carbonyl (C=O) groups excluding carboxylic acids is 2. The van der Waals surface area contributed by atoms with E-state index in [0.717, 1.165) is 15.8 Å². The second-order valence-electron chi connectivity index (χ2n) is 4.80. The zero-order valence-electron chi connectivity index (χ0n) is 12.3. The van der Waals surface area contributed by atoms with Gasteiger partial charge in [-0.3, -0.25) is 0 Å². The molecule has 0 saturated carbocycles. The predicted molar refractivity (Wildman–Crippen MR) is 86.5 cm³/mol. The minimum Gasteiger partial charge on any atom is -0.465 e. The number of thiazole rings is 1. The third kappa shape index (κ3) is 3.37. The van der Waals surface area contributed by atoms with E-state index in [1.807, 2.05) is 0 Å². The summed E-state index contributed by atoms with van der Waals surface area (Å²) < 4.78 is 10.9. The van der Waals surface area contributed by atoms with Gasteiger partial charge in [-0.05, 0) is 35.9 Å². The molecule has 5 nitrogen and oxygen atoms in total. The maximum Gasteiger partial charge on any atom is 0.338 e. The van der Waals surface area contributed by atoms with Crippen molar-refractivity contribution in [2.24, 2.45) is 0 Å². The summed E-state index contributed by atoms with van der Waals surface area (Å²) in [6.45, 7) is 0.140. The molecule has 0 aliphatic heterocycles. The standard InChI is InChI=1S/C17H13NO4S/c1-21-16(19)12-4-2-11(3-5-12)9-22-17(20)13-6-7-14-15(8-13)23-10-18-14/h2-8,10H,9H2,1H3. The topological polar surface area (TPSA) is 65.5 Å². The molecule has 0 aliphatic rings. The number of ether oxygens (including phenoxy) is 2. The number of benzene rings is 2. The van der Waals surface area contributed by atoms with E-state index < -0.39 is 11.9 Å². The zero-order valence-corrected chi connectivity index (χ0v) is 13.1. The normalized spacial score (nSPS) is 10.5. The Morgan fingerprint density at radius 3 is 2.52 bits per heavy atom. The van der Waals surface area contributed by atoms with Gasteiger partial charge in [-0.1, -0.05) is 12.1 Å². The van der Waals surface area contributed by atoms with Crippen LogP contribution in [-0.4, -0.2) is 24.0 Å². The molecule has 0 unspecified atom stereocenters. The monoisotopic (exact) mass is 327 g/mol. The highest BCUT2D eigenvalue weighted by Crippen LogP contribution is 2.20. The number of hydrogen-bond donors (Lipinski definition) is 0. The fourth-order valence-electron chi connectivity index (χ4n) is 2.07. The first-order valence-corrected chi connectivity index (χ1v) is 7.73. The third-order valence-corrected chi connectivity index (χ3v) is 4.10. The summed E-state index contributed by atoms with van der Waals surface area (Å²) in [5.41, 5.74) is 4.35. The van der Waals surface area contributed by atoms with Crippen molar-refractivity contribution < 1.29 is 19.1 Å². The van der Waals surface area contributed by atoms with Crippen LogP contribution in [0.5, 0.6) is 0 Å². The van der Waals surface area contributed by atoms with Crippen molar-refractivity contribution in [3.63, 3.8) is 0 Å².